The van der Waals surface area contributed by atoms with Crippen LogP contribution in [-0.4, -0.2) is 33.4 Å². The molecule has 1 saturated carbocycles. The average molecular weight is 318 g/mol. The maximum atomic E-state index is 5.57. The highest BCUT2D eigenvalue weighted by Crippen LogP contribution is 2.35. The molecule has 5 nitrogen and oxygen atoms in total. The van der Waals surface area contributed by atoms with E-state index in [4.69, 9.17) is 17.0 Å². The Morgan fingerprint density at radius 2 is 2.00 bits per heavy atom. The predicted octanol–water partition coefficient (Wildman–Crippen LogP) is 3.16. The molecule has 0 aliphatic heterocycles. The maximum Gasteiger partial charge on any atom is 0.199 e. The van der Waals surface area contributed by atoms with Gasteiger partial charge in [0, 0.05) is 12.6 Å². The van der Waals surface area contributed by atoms with Crippen molar-refractivity contribution in [3.05, 3.63) is 40.4 Å². The minimum absolute atomic E-state index is 0.577. The molecule has 0 N–H and O–H groups in total. The Kier molecular flexibility index (Phi) is 4.31. The van der Waals surface area contributed by atoms with Gasteiger partial charge in [0.25, 0.3) is 0 Å². The van der Waals surface area contributed by atoms with Crippen LogP contribution in [0.5, 0.6) is 5.75 Å². The molecule has 6 heteroatoms. The molecule has 0 atom stereocenters. The van der Waals surface area contributed by atoms with Crippen molar-refractivity contribution in [2.75, 3.05) is 14.2 Å². The van der Waals surface area contributed by atoms with E-state index in [0.717, 1.165) is 22.9 Å². The molecule has 1 aromatic carbocycles. The second-order valence-corrected chi connectivity index (χ2v) is 6.30. The van der Waals surface area contributed by atoms with E-state index < -0.39 is 0 Å². The van der Waals surface area contributed by atoms with Crippen LogP contribution in [0.15, 0.2) is 24.3 Å². The monoisotopic (exact) mass is 318 g/mol. The zero-order valence-electron chi connectivity index (χ0n) is 13.3. The number of aromatic nitrogens is 3. The summed E-state index contributed by atoms with van der Waals surface area (Å²) >= 11 is 5.57. The highest BCUT2D eigenvalue weighted by molar-refractivity contribution is 7.71. The topological polar surface area (TPSA) is 35.2 Å². The van der Waals surface area contributed by atoms with Gasteiger partial charge in [-0.15, -0.1) is 0 Å². The first-order valence-corrected chi connectivity index (χ1v) is 7.96. The van der Waals surface area contributed by atoms with E-state index in [9.17, 15) is 0 Å². The molecule has 0 radical (unpaired) electrons. The highest BCUT2D eigenvalue weighted by Gasteiger charge is 2.27. The zero-order chi connectivity index (χ0) is 15.7. The second kappa shape index (κ2) is 6.22. The number of ether oxygens (including phenoxy) is 1. The van der Waals surface area contributed by atoms with Gasteiger partial charge in [-0.1, -0.05) is 12.1 Å². The standard InChI is InChI=1S/C16H22N4OS/c1-12-17-19(16(22)20(12)14-6-7-14)11-18(2)10-13-4-8-15(21-3)9-5-13/h4-5,8-9,14H,6-7,10-11H2,1-3H3. The molecule has 2 aromatic rings. The first-order valence-electron chi connectivity index (χ1n) is 7.56. The van der Waals surface area contributed by atoms with Gasteiger partial charge >= 0.3 is 0 Å². The van der Waals surface area contributed by atoms with E-state index in [2.05, 4.69) is 33.7 Å². The van der Waals surface area contributed by atoms with Crippen LogP contribution in [0.2, 0.25) is 0 Å². The molecular formula is C16H22N4OS. The fraction of sp³-hybridized carbons (Fsp3) is 0.500. The normalized spacial score (nSPS) is 14.5. The summed E-state index contributed by atoms with van der Waals surface area (Å²) in [6.07, 6.45) is 2.45. The minimum atomic E-state index is 0.577. The van der Waals surface area contributed by atoms with Crippen LogP contribution in [-0.2, 0) is 13.2 Å². The smallest absolute Gasteiger partial charge is 0.199 e. The molecule has 0 saturated heterocycles. The molecule has 22 heavy (non-hydrogen) atoms. The number of methoxy groups -OCH3 is 1. The van der Waals surface area contributed by atoms with Gasteiger partial charge in [0.1, 0.15) is 11.6 Å². The van der Waals surface area contributed by atoms with Gasteiger partial charge < -0.3 is 9.30 Å². The number of rotatable bonds is 6. The molecule has 0 amide bonds. The summed E-state index contributed by atoms with van der Waals surface area (Å²) in [6.45, 7) is 3.58. The number of aryl methyl sites for hydroxylation is 1. The Hall–Kier alpha value is -1.66. The quantitative estimate of drug-likeness (QED) is 0.767. The van der Waals surface area contributed by atoms with E-state index in [1.54, 1.807) is 7.11 Å². The Balaban J connectivity index is 1.67. The van der Waals surface area contributed by atoms with Crippen LogP contribution in [0.1, 0.15) is 30.3 Å². The van der Waals surface area contributed by atoms with Crippen LogP contribution in [0.3, 0.4) is 0 Å². The lowest BCUT2D eigenvalue weighted by atomic mass is 10.2. The first kappa shape index (κ1) is 15.2. The molecule has 0 bridgehead atoms. The van der Waals surface area contributed by atoms with Crippen molar-refractivity contribution in [2.45, 2.75) is 39.0 Å². The predicted molar refractivity (Wildman–Crippen MR) is 88.5 cm³/mol. The number of nitrogens with zero attached hydrogens (tertiary/aromatic N) is 4. The Morgan fingerprint density at radius 3 is 2.59 bits per heavy atom. The van der Waals surface area contributed by atoms with Crippen molar-refractivity contribution in [1.82, 2.24) is 19.2 Å². The summed E-state index contributed by atoms with van der Waals surface area (Å²) in [5.74, 6) is 1.90. The minimum Gasteiger partial charge on any atom is -0.497 e. The highest BCUT2D eigenvalue weighted by atomic mass is 32.1. The Bertz CT molecular complexity index is 700. The van der Waals surface area contributed by atoms with E-state index in [1.165, 1.54) is 18.4 Å². The summed E-state index contributed by atoms with van der Waals surface area (Å²) in [6, 6.07) is 8.72. The third-order valence-corrected chi connectivity index (χ3v) is 4.35. The lowest BCUT2D eigenvalue weighted by Gasteiger charge is -2.16. The number of hydrogen-bond donors (Lipinski definition) is 0. The molecule has 1 aromatic heterocycles. The summed E-state index contributed by atoms with van der Waals surface area (Å²) in [5.41, 5.74) is 1.24. The average Bonchev–Trinajstić information content (AvgIpc) is 3.28. The van der Waals surface area contributed by atoms with Crippen LogP contribution in [0.25, 0.3) is 0 Å². The molecule has 0 spiro atoms. The maximum absolute atomic E-state index is 5.57. The van der Waals surface area contributed by atoms with Crippen molar-refractivity contribution in [3.8, 4) is 5.75 Å². The van der Waals surface area contributed by atoms with E-state index in [1.807, 2.05) is 23.7 Å². The fourth-order valence-corrected chi connectivity index (χ4v) is 3.07. The second-order valence-electron chi connectivity index (χ2n) is 5.93. The van der Waals surface area contributed by atoms with Crippen LogP contribution in [0.4, 0.5) is 0 Å². The number of hydrogen-bond acceptors (Lipinski definition) is 4. The molecule has 118 valence electrons. The third-order valence-electron chi connectivity index (χ3n) is 3.94. The van der Waals surface area contributed by atoms with Gasteiger partial charge in [0.15, 0.2) is 4.77 Å². The van der Waals surface area contributed by atoms with Crippen LogP contribution < -0.4 is 4.74 Å². The van der Waals surface area contributed by atoms with Gasteiger partial charge in [-0.25, -0.2) is 4.68 Å². The molecular weight excluding hydrogens is 296 g/mol. The summed E-state index contributed by atoms with van der Waals surface area (Å²) in [4.78, 5) is 2.21. The van der Waals surface area contributed by atoms with Crippen molar-refractivity contribution >= 4 is 12.2 Å². The lowest BCUT2D eigenvalue weighted by molar-refractivity contribution is 0.243. The van der Waals surface area contributed by atoms with Crippen molar-refractivity contribution in [2.24, 2.45) is 0 Å². The van der Waals surface area contributed by atoms with Gasteiger partial charge in [0.2, 0.25) is 0 Å². The molecule has 1 fully saturated rings. The van der Waals surface area contributed by atoms with Crippen LogP contribution in [0, 0.1) is 11.7 Å². The molecule has 1 aliphatic rings. The molecule has 1 aliphatic carbocycles. The van der Waals surface area contributed by atoms with Crippen molar-refractivity contribution < 1.29 is 4.74 Å². The summed E-state index contributed by atoms with van der Waals surface area (Å²) in [7, 11) is 3.76. The van der Waals surface area contributed by atoms with Gasteiger partial charge in [0.05, 0.1) is 13.8 Å². The van der Waals surface area contributed by atoms with Crippen molar-refractivity contribution in [1.29, 1.82) is 0 Å². The first-order chi connectivity index (χ1) is 10.6. The largest absolute Gasteiger partial charge is 0.497 e. The Labute approximate surface area is 136 Å². The van der Waals surface area contributed by atoms with Gasteiger partial charge in [-0.3, -0.25) is 4.90 Å². The Morgan fingerprint density at radius 1 is 1.32 bits per heavy atom. The van der Waals surface area contributed by atoms with Gasteiger partial charge in [-0.2, -0.15) is 5.10 Å². The van der Waals surface area contributed by atoms with E-state index >= 15 is 0 Å². The summed E-state index contributed by atoms with van der Waals surface area (Å²) in [5, 5.41) is 4.59. The number of benzene rings is 1. The lowest BCUT2D eigenvalue weighted by Crippen LogP contribution is -2.22. The SMILES string of the molecule is COc1ccc(CN(C)Cn2nc(C)n(C3CC3)c2=S)cc1. The molecule has 0 unspecified atom stereocenters. The summed E-state index contributed by atoms with van der Waals surface area (Å²) < 4.78 is 10.1. The van der Waals surface area contributed by atoms with E-state index in [-0.39, 0.29) is 0 Å². The van der Waals surface area contributed by atoms with Crippen LogP contribution >= 0.6 is 12.2 Å². The molecule has 3 rings (SSSR count). The third kappa shape index (κ3) is 3.23. The zero-order valence-corrected chi connectivity index (χ0v) is 14.1. The van der Waals surface area contributed by atoms with Crippen molar-refractivity contribution in [3.63, 3.8) is 0 Å². The fourth-order valence-electron chi connectivity index (χ4n) is 2.69. The van der Waals surface area contributed by atoms with E-state index in [0.29, 0.717) is 12.7 Å². The van der Waals surface area contributed by atoms with Gasteiger partial charge in [-0.05, 0) is 56.7 Å². The molecule has 1 heterocycles.